The number of hydrogen-bond donors (Lipinski definition) is 0. The van der Waals surface area contributed by atoms with E-state index >= 15 is 0 Å². The zero-order chi connectivity index (χ0) is 13.3. The maximum absolute atomic E-state index is 10.9. The number of rotatable bonds is 7. The molecule has 0 N–H and O–H groups in total. The minimum absolute atomic E-state index is 0. The van der Waals surface area contributed by atoms with Gasteiger partial charge in [0.1, 0.15) is 0 Å². The molecule has 0 unspecified atom stereocenters. The zero-order valence-electron chi connectivity index (χ0n) is 9.41. The van der Waals surface area contributed by atoms with Crippen LogP contribution in [0.1, 0.15) is 0 Å². The van der Waals surface area contributed by atoms with Gasteiger partial charge in [0.05, 0.1) is 25.6 Å². The summed E-state index contributed by atoms with van der Waals surface area (Å²) in [5.74, 6) is -3.99. The van der Waals surface area contributed by atoms with Gasteiger partial charge < -0.3 is 48.3 Å². The number of carboxylic acid groups (broad SMARTS) is 1. The van der Waals surface area contributed by atoms with Gasteiger partial charge in [-0.2, -0.15) is 0 Å². The Morgan fingerprint density at radius 1 is 0.842 bits per heavy atom. The van der Waals surface area contributed by atoms with Crippen LogP contribution in [0.4, 0.5) is 0 Å². The standard InChI is InChI=1S/C8H13N3O5S.O.Tc/c12-5(2-10-7(14)4-17)9-1-6(13)11-3-8(15)16;;/h17H,1-4H2,(H,9,12)(H,10,14)(H,11,13)(H,15,16);;/q;-2;+4/p-5. The number of hydrogen-bond acceptors (Lipinski definition) is 9. The summed E-state index contributed by atoms with van der Waals surface area (Å²) in [5.41, 5.74) is 0. The molecule has 0 atom stereocenters. The molecule has 107 valence electrons. The van der Waals surface area contributed by atoms with Crippen molar-refractivity contribution in [2.24, 2.45) is 15.0 Å². The molecule has 0 aromatic carbocycles. The Hall–Kier alpha value is -1.16. The summed E-state index contributed by atoms with van der Waals surface area (Å²) in [6, 6.07) is 0. The SMILES string of the molecule is O=C([O-])CN=C([O-])CN=C([O-])CN=C([O-])C[S-].[O-2].[Tc+4]. The van der Waals surface area contributed by atoms with E-state index in [9.17, 15) is 25.2 Å². The Morgan fingerprint density at radius 2 is 1.21 bits per heavy atom. The number of carbonyl (C=O) groups excluding carboxylic acids is 1. The molecule has 0 aliphatic carbocycles. The molecule has 0 aromatic heterocycles. The molecule has 0 fully saturated rings. The second kappa shape index (κ2) is 13.3. The van der Waals surface area contributed by atoms with Crippen LogP contribution in [0.2, 0.25) is 0 Å². The average molecular weight is 372 g/mol. The van der Waals surface area contributed by atoms with Gasteiger partial charge in [-0.05, 0) is 11.8 Å². The Kier molecular flexibility index (Phi) is 16.1. The molecule has 0 rings (SSSR count). The molecule has 0 aromatic rings. The van der Waals surface area contributed by atoms with Crippen molar-refractivity contribution in [1.82, 2.24) is 0 Å². The van der Waals surface area contributed by atoms with Crippen LogP contribution in [0.3, 0.4) is 0 Å². The summed E-state index contributed by atoms with van der Waals surface area (Å²) >= 11 is 4.38. The van der Waals surface area contributed by atoms with Crippen molar-refractivity contribution in [2.45, 2.75) is 0 Å². The minimum Gasteiger partial charge on any atom is -2.00 e. The summed E-state index contributed by atoms with van der Waals surface area (Å²) in [4.78, 5) is 19.5. The van der Waals surface area contributed by atoms with Crippen molar-refractivity contribution in [3.05, 3.63) is 0 Å². The van der Waals surface area contributed by atoms with Crippen molar-refractivity contribution >= 4 is 36.3 Å². The van der Waals surface area contributed by atoms with Crippen LogP contribution in [0.5, 0.6) is 0 Å². The summed E-state index contributed by atoms with van der Waals surface area (Å²) < 4.78 is 0. The molecule has 19 heavy (non-hydrogen) atoms. The first-order valence-electron chi connectivity index (χ1n) is 4.34. The molecule has 0 heterocycles. The van der Waals surface area contributed by atoms with E-state index in [2.05, 4.69) is 27.6 Å². The van der Waals surface area contributed by atoms with Gasteiger partial charge in [0, 0.05) is 0 Å². The fourth-order valence-corrected chi connectivity index (χ4v) is 0.701. The van der Waals surface area contributed by atoms with Gasteiger partial charge in [-0.1, -0.05) is 5.90 Å². The molecule has 0 bridgehead atoms. The molecule has 0 saturated carbocycles. The van der Waals surface area contributed by atoms with E-state index < -0.39 is 43.3 Å². The van der Waals surface area contributed by atoms with Crippen molar-refractivity contribution in [3.8, 4) is 0 Å². The third-order valence-corrected chi connectivity index (χ3v) is 1.54. The van der Waals surface area contributed by atoms with Gasteiger partial charge in [-0.3, -0.25) is 9.98 Å². The molecular weight excluding hydrogens is 364 g/mol. The normalized spacial score (nSPS) is 12.4. The Morgan fingerprint density at radius 3 is 1.58 bits per heavy atom. The van der Waals surface area contributed by atoms with Crippen LogP contribution in [0.25, 0.3) is 0 Å². The molecule has 0 spiro atoms. The fourth-order valence-electron chi connectivity index (χ4n) is 0.610. The second-order valence-electron chi connectivity index (χ2n) is 2.65. The number of carbonyl (C=O) groups is 1. The maximum atomic E-state index is 10.9. The summed E-state index contributed by atoms with van der Waals surface area (Å²) in [6.45, 7) is -1.84. The monoisotopic (exact) mass is 371 g/mol. The van der Waals surface area contributed by atoms with E-state index in [1.807, 2.05) is 0 Å². The van der Waals surface area contributed by atoms with Crippen LogP contribution in [0, 0.1) is 0 Å². The number of aliphatic imine (C=N–C) groups is 3. The molecule has 1 radical (unpaired) electrons. The van der Waals surface area contributed by atoms with Gasteiger partial charge in [0.15, 0.2) is 0 Å². The first-order valence-corrected chi connectivity index (χ1v) is 4.92. The molecule has 0 aliphatic heterocycles. The largest absolute Gasteiger partial charge is 4.00 e. The van der Waals surface area contributed by atoms with Crippen molar-refractivity contribution in [1.29, 1.82) is 0 Å². The van der Waals surface area contributed by atoms with Crippen molar-refractivity contribution in [2.75, 3.05) is 25.4 Å². The number of carboxylic acids is 1. The molecular formula is C8H8N3O6STc-3. The quantitative estimate of drug-likeness (QED) is 0.244. The van der Waals surface area contributed by atoms with Gasteiger partial charge in [0.25, 0.3) is 0 Å². The predicted molar refractivity (Wildman–Crippen MR) is 54.8 cm³/mol. The van der Waals surface area contributed by atoms with E-state index in [4.69, 9.17) is 0 Å². The summed E-state index contributed by atoms with van der Waals surface area (Å²) in [6.07, 6.45) is 0. The molecule has 0 aliphatic rings. The topological polar surface area (TPSA) is 175 Å². The van der Waals surface area contributed by atoms with E-state index in [0.29, 0.717) is 0 Å². The second-order valence-corrected chi connectivity index (χ2v) is 2.93. The molecule has 11 heteroatoms. The van der Waals surface area contributed by atoms with Crippen molar-refractivity contribution < 1.29 is 50.8 Å². The summed E-state index contributed by atoms with van der Waals surface area (Å²) in [7, 11) is 0. The molecule has 0 amide bonds. The molecule has 0 saturated heterocycles. The van der Waals surface area contributed by atoms with Crippen LogP contribution >= 0.6 is 0 Å². The minimum atomic E-state index is -1.50. The van der Waals surface area contributed by atoms with Gasteiger partial charge in [-0.15, -0.1) is 5.75 Å². The first-order chi connectivity index (χ1) is 7.95. The van der Waals surface area contributed by atoms with Crippen LogP contribution in [-0.4, -0.2) is 49.0 Å². The first kappa shape index (κ1) is 23.0. The Balaban J connectivity index is -0.00000128. The number of aliphatic carboxylic acids is 1. The van der Waals surface area contributed by atoms with Crippen LogP contribution in [0.15, 0.2) is 15.0 Å². The predicted octanol–water partition coefficient (Wildman–Crippen LogP) is -5.56. The van der Waals surface area contributed by atoms with Crippen molar-refractivity contribution in [3.63, 3.8) is 0 Å². The molecule has 9 nitrogen and oxygen atoms in total. The van der Waals surface area contributed by atoms with Gasteiger partial charge in [-0.25, -0.2) is 0 Å². The van der Waals surface area contributed by atoms with Crippen LogP contribution < -0.4 is 20.4 Å². The summed E-state index contributed by atoms with van der Waals surface area (Å²) in [5, 5.41) is 42.3. The van der Waals surface area contributed by atoms with Gasteiger partial charge in [0.2, 0.25) is 0 Å². The van der Waals surface area contributed by atoms with E-state index in [0.717, 1.165) is 0 Å². The van der Waals surface area contributed by atoms with E-state index in [-0.39, 0.29) is 31.3 Å². The van der Waals surface area contributed by atoms with E-state index in [1.165, 1.54) is 0 Å². The fraction of sp³-hybridized carbons (Fsp3) is 0.500. The van der Waals surface area contributed by atoms with E-state index in [1.54, 1.807) is 0 Å². The smallest absolute Gasteiger partial charge is 2.00 e. The Bertz CT molecular complexity index is 360. The number of nitrogens with zero attached hydrogens (tertiary/aromatic N) is 3. The van der Waals surface area contributed by atoms with Crippen LogP contribution in [-0.2, 0) is 43.0 Å². The Labute approximate surface area is 127 Å². The van der Waals surface area contributed by atoms with Gasteiger partial charge >= 0.3 is 20.1 Å². The zero-order valence-corrected chi connectivity index (χ0v) is 12.1. The third-order valence-electron chi connectivity index (χ3n) is 1.29. The third kappa shape index (κ3) is 14.8. The average Bonchev–Trinajstić information content (AvgIpc) is 2.30. The maximum Gasteiger partial charge on any atom is 4.00 e.